The third-order valence-electron chi connectivity index (χ3n) is 5.29. The summed E-state index contributed by atoms with van der Waals surface area (Å²) in [6.07, 6.45) is 5.34. The lowest BCUT2D eigenvalue weighted by molar-refractivity contribution is 0.154. The van der Waals surface area contributed by atoms with Crippen molar-refractivity contribution >= 4 is 0 Å². The van der Waals surface area contributed by atoms with Gasteiger partial charge in [0.05, 0.1) is 13.2 Å². The van der Waals surface area contributed by atoms with Gasteiger partial charge >= 0.3 is 0 Å². The largest absolute Gasteiger partial charge is 0.493 e. The molecule has 5 nitrogen and oxygen atoms in total. The molecule has 0 spiro atoms. The van der Waals surface area contributed by atoms with Crippen molar-refractivity contribution in [1.29, 1.82) is 0 Å². The first kappa shape index (κ1) is 18.5. The molecule has 2 aliphatic rings. The lowest BCUT2D eigenvalue weighted by Crippen LogP contribution is -2.25. The quantitative estimate of drug-likeness (QED) is 0.820. The van der Waals surface area contributed by atoms with Crippen molar-refractivity contribution in [2.24, 2.45) is 0 Å². The smallest absolute Gasteiger partial charge is 0.161 e. The van der Waals surface area contributed by atoms with E-state index in [1.165, 1.54) is 31.5 Å². The predicted octanol–water partition coefficient (Wildman–Crippen LogP) is 2.52. The van der Waals surface area contributed by atoms with E-state index >= 15 is 0 Å². The SMILES string of the molecule is COc1cc(CN2CCC[C@H](O)CC2)ccc1OCCN1CCCC1. The molecule has 1 aromatic rings. The molecule has 2 heterocycles. The normalized spacial score (nSPS) is 22.7. The maximum atomic E-state index is 9.79. The fourth-order valence-corrected chi connectivity index (χ4v) is 3.78. The number of aliphatic hydroxyl groups excluding tert-OH is 1. The van der Waals surface area contributed by atoms with Crippen molar-refractivity contribution in [2.45, 2.75) is 44.8 Å². The maximum Gasteiger partial charge on any atom is 0.161 e. The first-order chi connectivity index (χ1) is 12.2. The number of nitrogens with zero attached hydrogens (tertiary/aromatic N) is 2. The molecule has 5 heteroatoms. The Morgan fingerprint density at radius 1 is 1.00 bits per heavy atom. The summed E-state index contributed by atoms with van der Waals surface area (Å²) in [7, 11) is 1.70. The Morgan fingerprint density at radius 3 is 2.60 bits per heavy atom. The summed E-state index contributed by atoms with van der Waals surface area (Å²) in [4.78, 5) is 4.87. The molecular weight excluding hydrogens is 316 g/mol. The fraction of sp³-hybridized carbons (Fsp3) is 0.700. The molecule has 0 aromatic heterocycles. The number of ether oxygens (including phenoxy) is 2. The molecule has 2 fully saturated rings. The third kappa shape index (κ3) is 5.59. The Labute approximate surface area is 151 Å². The highest BCUT2D eigenvalue weighted by atomic mass is 16.5. The first-order valence-electron chi connectivity index (χ1n) is 9.67. The predicted molar refractivity (Wildman–Crippen MR) is 99.3 cm³/mol. The summed E-state index contributed by atoms with van der Waals surface area (Å²) in [5, 5.41) is 9.79. The first-order valence-corrected chi connectivity index (χ1v) is 9.67. The molecule has 0 bridgehead atoms. The van der Waals surface area contributed by atoms with Crippen LogP contribution in [0.2, 0.25) is 0 Å². The van der Waals surface area contributed by atoms with E-state index in [0.717, 1.165) is 56.9 Å². The van der Waals surface area contributed by atoms with E-state index in [2.05, 4.69) is 21.9 Å². The third-order valence-corrected chi connectivity index (χ3v) is 5.29. The minimum atomic E-state index is -0.133. The van der Waals surface area contributed by atoms with Crippen molar-refractivity contribution in [3.63, 3.8) is 0 Å². The second-order valence-electron chi connectivity index (χ2n) is 7.24. The molecule has 25 heavy (non-hydrogen) atoms. The molecule has 1 aromatic carbocycles. The molecule has 2 saturated heterocycles. The Morgan fingerprint density at radius 2 is 1.80 bits per heavy atom. The van der Waals surface area contributed by atoms with Gasteiger partial charge in [-0.3, -0.25) is 9.80 Å². The summed E-state index contributed by atoms with van der Waals surface area (Å²) in [6, 6.07) is 6.26. The number of methoxy groups -OCH3 is 1. The van der Waals surface area contributed by atoms with Gasteiger partial charge in [0.25, 0.3) is 0 Å². The van der Waals surface area contributed by atoms with Crippen LogP contribution in [0.4, 0.5) is 0 Å². The summed E-state index contributed by atoms with van der Waals surface area (Å²) >= 11 is 0. The minimum Gasteiger partial charge on any atom is -0.493 e. The Balaban J connectivity index is 1.53. The van der Waals surface area contributed by atoms with Gasteiger partial charge in [-0.1, -0.05) is 6.07 Å². The van der Waals surface area contributed by atoms with Crippen LogP contribution >= 0.6 is 0 Å². The van der Waals surface area contributed by atoms with E-state index in [1.54, 1.807) is 7.11 Å². The van der Waals surface area contributed by atoms with Crippen LogP contribution in [0.15, 0.2) is 18.2 Å². The Hall–Kier alpha value is -1.30. The lowest BCUT2D eigenvalue weighted by atomic mass is 10.2. The van der Waals surface area contributed by atoms with Crippen LogP contribution in [0.3, 0.4) is 0 Å². The molecule has 3 rings (SSSR count). The van der Waals surface area contributed by atoms with Crippen LogP contribution in [0.1, 0.15) is 37.7 Å². The Bertz CT molecular complexity index is 532. The molecule has 1 atom stereocenters. The van der Waals surface area contributed by atoms with Gasteiger partial charge in [0.15, 0.2) is 11.5 Å². The molecule has 0 aliphatic carbocycles. The van der Waals surface area contributed by atoms with Gasteiger partial charge in [-0.05, 0) is 69.4 Å². The summed E-state index contributed by atoms with van der Waals surface area (Å²) in [5.41, 5.74) is 1.24. The molecule has 1 N–H and O–H groups in total. The molecule has 0 unspecified atom stereocenters. The molecule has 2 aliphatic heterocycles. The molecule has 0 saturated carbocycles. The second-order valence-corrected chi connectivity index (χ2v) is 7.24. The van der Waals surface area contributed by atoms with Crippen LogP contribution in [-0.2, 0) is 6.54 Å². The average molecular weight is 348 g/mol. The topological polar surface area (TPSA) is 45.2 Å². The van der Waals surface area contributed by atoms with Crippen molar-refractivity contribution in [3.05, 3.63) is 23.8 Å². The van der Waals surface area contributed by atoms with E-state index in [1.807, 2.05) is 6.07 Å². The zero-order valence-corrected chi connectivity index (χ0v) is 15.5. The molecule has 0 radical (unpaired) electrons. The number of benzene rings is 1. The highest BCUT2D eigenvalue weighted by Crippen LogP contribution is 2.29. The van der Waals surface area contributed by atoms with Crippen molar-refractivity contribution in [3.8, 4) is 11.5 Å². The van der Waals surface area contributed by atoms with Crippen LogP contribution in [0.5, 0.6) is 11.5 Å². The summed E-state index contributed by atoms with van der Waals surface area (Å²) < 4.78 is 11.5. The number of aliphatic hydroxyl groups is 1. The fourth-order valence-electron chi connectivity index (χ4n) is 3.78. The van der Waals surface area contributed by atoms with Crippen molar-refractivity contribution in [1.82, 2.24) is 9.80 Å². The number of hydrogen-bond acceptors (Lipinski definition) is 5. The average Bonchev–Trinajstić information content (AvgIpc) is 3.05. The van der Waals surface area contributed by atoms with Gasteiger partial charge in [-0.25, -0.2) is 0 Å². The van der Waals surface area contributed by atoms with Gasteiger partial charge in [-0.2, -0.15) is 0 Å². The van der Waals surface area contributed by atoms with Crippen LogP contribution in [0, 0.1) is 0 Å². The zero-order valence-electron chi connectivity index (χ0n) is 15.5. The second kappa shape index (κ2) is 9.41. The number of likely N-dealkylation sites (tertiary alicyclic amines) is 2. The summed E-state index contributed by atoms with van der Waals surface area (Å²) in [6.45, 7) is 7.00. The van der Waals surface area contributed by atoms with Crippen molar-refractivity contribution in [2.75, 3.05) is 46.4 Å². The molecular formula is C20H32N2O3. The standard InChI is InChI=1S/C20H32N2O3/c1-24-20-15-17(16-22-11-4-5-18(23)8-12-22)6-7-19(20)25-14-13-21-9-2-3-10-21/h6-7,15,18,23H,2-5,8-14,16H2,1H3/t18-/m0/s1. The van der Waals surface area contributed by atoms with Gasteiger partial charge < -0.3 is 14.6 Å². The van der Waals surface area contributed by atoms with Crippen LogP contribution in [0.25, 0.3) is 0 Å². The molecule has 0 amide bonds. The van der Waals surface area contributed by atoms with Gasteiger partial charge in [0, 0.05) is 19.6 Å². The van der Waals surface area contributed by atoms with E-state index in [4.69, 9.17) is 9.47 Å². The zero-order chi connectivity index (χ0) is 17.5. The number of hydrogen-bond donors (Lipinski definition) is 1. The Kier molecular flexibility index (Phi) is 6.96. The van der Waals surface area contributed by atoms with Gasteiger partial charge in [-0.15, -0.1) is 0 Å². The highest BCUT2D eigenvalue weighted by Gasteiger charge is 2.16. The maximum absolute atomic E-state index is 9.79. The lowest BCUT2D eigenvalue weighted by Gasteiger charge is -2.21. The van der Waals surface area contributed by atoms with E-state index in [0.29, 0.717) is 6.61 Å². The van der Waals surface area contributed by atoms with Crippen molar-refractivity contribution < 1.29 is 14.6 Å². The van der Waals surface area contributed by atoms with Gasteiger partial charge in [0.2, 0.25) is 0 Å². The van der Waals surface area contributed by atoms with Crippen LogP contribution in [-0.4, -0.2) is 67.5 Å². The van der Waals surface area contributed by atoms with Crippen LogP contribution < -0.4 is 9.47 Å². The van der Waals surface area contributed by atoms with E-state index < -0.39 is 0 Å². The number of rotatable bonds is 7. The van der Waals surface area contributed by atoms with E-state index in [-0.39, 0.29) is 6.10 Å². The molecule has 140 valence electrons. The monoisotopic (exact) mass is 348 g/mol. The highest BCUT2D eigenvalue weighted by molar-refractivity contribution is 5.43. The van der Waals surface area contributed by atoms with E-state index in [9.17, 15) is 5.11 Å². The minimum absolute atomic E-state index is 0.133. The van der Waals surface area contributed by atoms with Gasteiger partial charge in [0.1, 0.15) is 6.61 Å². The summed E-state index contributed by atoms with van der Waals surface area (Å²) in [5.74, 6) is 1.64.